The van der Waals surface area contributed by atoms with Crippen molar-refractivity contribution < 1.29 is 0 Å². The van der Waals surface area contributed by atoms with Crippen LogP contribution in [0.5, 0.6) is 0 Å². The summed E-state index contributed by atoms with van der Waals surface area (Å²) in [5, 5.41) is 3.19. The van der Waals surface area contributed by atoms with Gasteiger partial charge in [-0.1, -0.05) is 43.0 Å². The molecular formula is C13H13NS. The Hall–Kier alpha value is -1.41. The lowest BCUT2D eigenvalue weighted by Gasteiger charge is -2.20. The molecule has 0 unspecified atom stereocenters. The van der Waals surface area contributed by atoms with Crippen LogP contribution >= 0.6 is 12.6 Å². The summed E-state index contributed by atoms with van der Waals surface area (Å²) in [6, 6.07) is 14.5. The van der Waals surface area contributed by atoms with Gasteiger partial charge in [0.15, 0.2) is 0 Å². The Kier molecular flexibility index (Phi) is 2.69. The molecule has 2 heteroatoms. The van der Waals surface area contributed by atoms with Crippen LogP contribution in [0.2, 0.25) is 0 Å². The molecule has 0 aliphatic rings. The minimum absolute atomic E-state index is 0.742. The van der Waals surface area contributed by atoms with Crippen LogP contribution in [0.25, 0.3) is 10.8 Å². The molecule has 2 aromatic rings. The predicted molar refractivity (Wildman–Crippen MR) is 70.5 cm³/mol. The highest BCUT2D eigenvalue weighted by Gasteiger charge is 2.05. The largest absolute Gasteiger partial charge is 0.340 e. The number of hydrogen-bond donors (Lipinski definition) is 1. The molecule has 0 aliphatic heterocycles. The van der Waals surface area contributed by atoms with Crippen LogP contribution in [-0.2, 0) is 0 Å². The van der Waals surface area contributed by atoms with E-state index in [2.05, 4.69) is 43.5 Å². The molecule has 0 saturated heterocycles. The van der Waals surface area contributed by atoms with Gasteiger partial charge in [0.1, 0.15) is 0 Å². The van der Waals surface area contributed by atoms with E-state index in [0.717, 1.165) is 10.7 Å². The van der Waals surface area contributed by atoms with Crippen molar-refractivity contribution in [1.29, 1.82) is 0 Å². The number of rotatable bonds is 2. The third-order valence-corrected chi connectivity index (χ3v) is 2.82. The van der Waals surface area contributed by atoms with Crippen molar-refractivity contribution in [3.05, 3.63) is 54.1 Å². The molecule has 0 aliphatic carbocycles. The van der Waals surface area contributed by atoms with Gasteiger partial charge in [-0.25, -0.2) is 0 Å². The van der Waals surface area contributed by atoms with Gasteiger partial charge in [0, 0.05) is 18.1 Å². The summed E-state index contributed by atoms with van der Waals surface area (Å²) in [5.74, 6) is 0. The lowest BCUT2D eigenvalue weighted by atomic mass is 10.1. The Morgan fingerprint density at radius 3 is 2.53 bits per heavy atom. The maximum Gasteiger partial charge on any atom is 0.0645 e. The summed E-state index contributed by atoms with van der Waals surface area (Å²) in [4.78, 5) is 1.98. The Morgan fingerprint density at radius 2 is 1.80 bits per heavy atom. The molecule has 0 amide bonds. The highest BCUT2D eigenvalue weighted by Crippen LogP contribution is 2.28. The van der Waals surface area contributed by atoms with E-state index in [-0.39, 0.29) is 0 Å². The Labute approximate surface area is 95.4 Å². The number of thiol groups is 1. The second-order valence-electron chi connectivity index (χ2n) is 3.47. The van der Waals surface area contributed by atoms with Crippen molar-refractivity contribution in [2.24, 2.45) is 0 Å². The summed E-state index contributed by atoms with van der Waals surface area (Å²) in [6.07, 6.45) is 0. The summed E-state index contributed by atoms with van der Waals surface area (Å²) in [6.45, 7) is 3.83. The molecule has 2 aromatic carbocycles. The zero-order chi connectivity index (χ0) is 10.8. The number of anilines is 1. The summed E-state index contributed by atoms with van der Waals surface area (Å²) >= 11 is 4.26. The monoisotopic (exact) mass is 215 g/mol. The summed E-state index contributed by atoms with van der Waals surface area (Å²) < 4.78 is 0. The molecule has 0 spiro atoms. The number of fused-ring (bicyclic) bond motifs is 1. The van der Waals surface area contributed by atoms with E-state index in [1.54, 1.807) is 0 Å². The zero-order valence-electron chi connectivity index (χ0n) is 8.64. The average Bonchev–Trinajstić information content (AvgIpc) is 2.27. The Morgan fingerprint density at radius 1 is 1.13 bits per heavy atom. The summed E-state index contributed by atoms with van der Waals surface area (Å²) in [7, 11) is 1.97. The normalized spacial score (nSPS) is 10.3. The van der Waals surface area contributed by atoms with Crippen molar-refractivity contribution in [2.45, 2.75) is 0 Å². The molecule has 76 valence electrons. The van der Waals surface area contributed by atoms with Crippen molar-refractivity contribution in [1.82, 2.24) is 0 Å². The minimum Gasteiger partial charge on any atom is -0.340 e. The van der Waals surface area contributed by atoms with Gasteiger partial charge in [0.2, 0.25) is 0 Å². The van der Waals surface area contributed by atoms with Gasteiger partial charge >= 0.3 is 0 Å². The van der Waals surface area contributed by atoms with Crippen LogP contribution in [0.1, 0.15) is 0 Å². The molecule has 0 aromatic heterocycles. The van der Waals surface area contributed by atoms with Gasteiger partial charge in [-0.15, -0.1) is 12.6 Å². The zero-order valence-corrected chi connectivity index (χ0v) is 9.54. The predicted octanol–water partition coefficient (Wildman–Crippen LogP) is 3.68. The molecule has 0 N–H and O–H groups in total. The lowest BCUT2D eigenvalue weighted by Crippen LogP contribution is -2.11. The first-order chi connectivity index (χ1) is 7.20. The van der Waals surface area contributed by atoms with Crippen LogP contribution < -0.4 is 4.90 Å². The van der Waals surface area contributed by atoms with Gasteiger partial charge in [-0.3, -0.25) is 0 Å². The molecule has 2 rings (SSSR count). The quantitative estimate of drug-likeness (QED) is 0.748. The van der Waals surface area contributed by atoms with E-state index < -0.39 is 0 Å². The first kappa shape index (κ1) is 10.1. The van der Waals surface area contributed by atoms with E-state index in [9.17, 15) is 0 Å². The Balaban J connectivity index is 2.65. The SMILES string of the molecule is C=C(S)N(C)c1cccc2ccccc12. The van der Waals surface area contributed by atoms with Crippen LogP contribution in [-0.4, -0.2) is 7.05 Å². The standard InChI is InChI=1S/C13H13NS/c1-10(15)14(2)13-9-5-7-11-6-3-4-8-12(11)13/h3-9,15H,1H2,2H3. The number of hydrogen-bond acceptors (Lipinski definition) is 2. The average molecular weight is 215 g/mol. The van der Waals surface area contributed by atoms with Crippen LogP contribution in [0, 0.1) is 0 Å². The highest BCUT2D eigenvalue weighted by molar-refractivity contribution is 7.84. The topological polar surface area (TPSA) is 3.24 Å². The molecule has 15 heavy (non-hydrogen) atoms. The second-order valence-corrected chi connectivity index (χ2v) is 3.99. The molecule has 0 radical (unpaired) electrons. The number of benzene rings is 2. The van der Waals surface area contributed by atoms with Crippen LogP contribution in [0.4, 0.5) is 5.69 Å². The van der Waals surface area contributed by atoms with Crippen molar-refractivity contribution in [2.75, 3.05) is 11.9 Å². The van der Waals surface area contributed by atoms with E-state index >= 15 is 0 Å². The molecule has 0 atom stereocenters. The second kappa shape index (κ2) is 3.99. The molecule has 0 heterocycles. The third-order valence-electron chi connectivity index (χ3n) is 2.52. The molecule has 0 fully saturated rings. The van der Waals surface area contributed by atoms with Gasteiger partial charge < -0.3 is 4.90 Å². The fourth-order valence-electron chi connectivity index (χ4n) is 1.64. The van der Waals surface area contributed by atoms with Crippen LogP contribution in [0.15, 0.2) is 54.1 Å². The van der Waals surface area contributed by atoms with Gasteiger partial charge in [0.05, 0.1) is 5.03 Å². The third kappa shape index (κ3) is 1.85. The van der Waals surface area contributed by atoms with Crippen LogP contribution in [0.3, 0.4) is 0 Å². The molecule has 0 saturated carbocycles. The van der Waals surface area contributed by atoms with Gasteiger partial charge in [-0.05, 0) is 11.5 Å². The van der Waals surface area contributed by atoms with E-state index in [0.29, 0.717) is 0 Å². The Bertz CT molecular complexity index is 499. The minimum atomic E-state index is 0.742. The lowest BCUT2D eigenvalue weighted by molar-refractivity contribution is 1.20. The van der Waals surface area contributed by atoms with Crippen molar-refractivity contribution in [3.63, 3.8) is 0 Å². The van der Waals surface area contributed by atoms with E-state index in [1.807, 2.05) is 30.1 Å². The van der Waals surface area contributed by atoms with E-state index in [1.165, 1.54) is 10.8 Å². The fourth-order valence-corrected chi connectivity index (χ4v) is 1.75. The van der Waals surface area contributed by atoms with Gasteiger partial charge in [-0.2, -0.15) is 0 Å². The van der Waals surface area contributed by atoms with Gasteiger partial charge in [0.25, 0.3) is 0 Å². The summed E-state index contributed by atoms with van der Waals surface area (Å²) in [5.41, 5.74) is 1.13. The maximum atomic E-state index is 4.26. The smallest absolute Gasteiger partial charge is 0.0645 e. The van der Waals surface area contributed by atoms with E-state index in [4.69, 9.17) is 0 Å². The van der Waals surface area contributed by atoms with Crippen molar-refractivity contribution >= 4 is 29.1 Å². The maximum absolute atomic E-state index is 4.26. The van der Waals surface area contributed by atoms with Crippen molar-refractivity contribution in [3.8, 4) is 0 Å². The molecular weight excluding hydrogens is 202 g/mol. The highest BCUT2D eigenvalue weighted by atomic mass is 32.1. The first-order valence-electron chi connectivity index (χ1n) is 4.79. The first-order valence-corrected chi connectivity index (χ1v) is 5.24. The molecule has 1 nitrogen and oxygen atoms in total. The fraction of sp³-hybridized carbons (Fsp3) is 0.0769. The number of nitrogens with zero attached hydrogens (tertiary/aromatic N) is 1. The molecule has 0 bridgehead atoms.